The smallest absolute Gasteiger partial charge is 0.253 e. The molecular weight excluding hydrogens is 216 g/mol. The predicted octanol–water partition coefficient (Wildman–Crippen LogP) is 2.35. The highest BCUT2D eigenvalue weighted by molar-refractivity contribution is 5.96. The number of rotatable bonds is 1. The van der Waals surface area contributed by atoms with Crippen molar-refractivity contribution in [1.29, 1.82) is 0 Å². The third-order valence-corrected chi connectivity index (χ3v) is 2.94. The summed E-state index contributed by atoms with van der Waals surface area (Å²) in [6.07, 6.45) is 0.298. The fourth-order valence-electron chi connectivity index (χ4n) is 1.79. The number of amides is 1. The lowest BCUT2D eigenvalue weighted by Crippen LogP contribution is -2.28. The van der Waals surface area contributed by atoms with Crippen molar-refractivity contribution in [2.45, 2.75) is 33.3 Å². The monoisotopic (exact) mass is 234 g/mol. The van der Waals surface area contributed by atoms with E-state index >= 15 is 0 Å². The van der Waals surface area contributed by atoms with E-state index in [2.05, 4.69) is 20.8 Å². The van der Waals surface area contributed by atoms with Gasteiger partial charge in [0.15, 0.2) is 0 Å². The molecule has 1 aromatic carbocycles. The minimum atomic E-state index is -0.102. The largest absolute Gasteiger partial charge is 0.397 e. The number of nitrogens with zero attached hydrogens (tertiary/aromatic N) is 1. The summed E-state index contributed by atoms with van der Waals surface area (Å²) < 4.78 is 0. The molecule has 1 atom stereocenters. The van der Waals surface area contributed by atoms with Crippen LogP contribution in [0.1, 0.15) is 27.2 Å². The lowest BCUT2D eigenvalue weighted by molar-refractivity contribution is -0.119. The molecule has 2 N–H and O–H groups in total. The standard InChI is InChI=1S/C13H18N2O2/c1-13(2,3)11-8-12(16)15(17-11)10-7-5-4-6-9(10)14/h4-7,11H,8,14H2,1-3H3. The van der Waals surface area contributed by atoms with Gasteiger partial charge in [-0.05, 0) is 17.5 Å². The Labute approximate surface area is 101 Å². The van der Waals surface area contributed by atoms with Gasteiger partial charge >= 0.3 is 0 Å². The van der Waals surface area contributed by atoms with Crippen LogP contribution in [0.15, 0.2) is 24.3 Å². The zero-order valence-electron chi connectivity index (χ0n) is 10.4. The molecule has 0 bridgehead atoms. The summed E-state index contributed by atoms with van der Waals surface area (Å²) in [4.78, 5) is 17.6. The molecule has 2 rings (SSSR count). The quantitative estimate of drug-likeness (QED) is 0.759. The topological polar surface area (TPSA) is 55.6 Å². The first-order valence-corrected chi connectivity index (χ1v) is 5.74. The maximum absolute atomic E-state index is 11.9. The second kappa shape index (κ2) is 4.04. The first kappa shape index (κ1) is 11.9. The van der Waals surface area contributed by atoms with Gasteiger partial charge in [-0.1, -0.05) is 32.9 Å². The maximum atomic E-state index is 11.9. The molecule has 1 saturated heterocycles. The molecule has 1 fully saturated rings. The Bertz CT molecular complexity index is 437. The van der Waals surface area contributed by atoms with Crippen LogP contribution in [0, 0.1) is 5.41 Å². The Balaban J connectivity index is 2.25. The summed E-state index contributed by atoms with van der Waals surface area (Å²) >= 11 is 0. The van der Waals surface area contributed by atoms with E-state index in [0.717, 1.165) is 0 Å². The van der Waals surface area contributed by atoms with E-state index in [-0.39, 0.29) is 17.4 Å². The van der Waals surface area contributed by atoms with Crippen LogP contribution in [0.2, 0.25) is 0 Å². The van der Waals surface area contributed by atoms with E-state index in [9.17, 15) is 4.79 Å². The molecule has 1 unspecified atom stereocenters. The molecule has 1 amide bonds. The SMILES string of the molecule is CC(C)(C)C1CC(=O)N(c2ccccc2N)O1. The fraction of sp³-hybridized carbons (Fsp3) is 0.462. The van der Waals surface area contributed by atoms with Crippen molar-refractivity contribution in [1.82, 2.24) is 0 Å². The van der Waals surface area contributed by atoms with E-state index in [1.807, 2.05) is 12.1 Å². The molecule has 1 aliphatic heterocycles. The number of nitrogens with two attached hydrogens (primary N) is 1. The number of benzene rings is 1. The number of hydrogen-bond acceptors (Lipinski definition) is 3. The fourth-order valence-corrected chi connectivity index (χ4v) is 1.79. The Morgan fingerprint density at radius 2 is 2.00 bits per heavy atom. The van der Waals surface area contributed by atoms with Gasteiger partial charge in [0, 0.05) is 0 Å². The summed E-state index contributed by atoms with van der Waals surface area (Å²) in [5.41, 5.74) is 6.96. The molecule has 1 heterocycles. The van der Waals surface area contributed by atoms with Crippen LogP contribution < -0.4 is 10.8 Å². The van der Waals surface area contributed by atoms with Crippen LogP contribution in [-0.2, 0) is 9.63 Å². The molecule has 0 spiro atoms. The molecule has 0 aromatic heterocycles. The van der Waals surface area contributed by atoms with Gasteiger partial charge in [0.1, 0.15) is 0 Å². The number of hydroxylamine groups is 1. The Morgan fingerprint density at radius 3 is 2.53 bits per heavy atom. The number of carbonyl (C=O) groups is 1. The van der Waals surface area contributed by atoms with Gasteiger partial charge in [-0.2, -0.15) is 5.06 Å². The summed E-state index contributed by atoms with van der Waals surface area (Å²) in [5.74, 6) is -0.0391. The van der Waals surface area contributed by atoms with E-state index in [4.69, 9.17) is 10.6 Å². The van der Waals surface area contributed by atoms with Crippen molar-refractivity contribution < 1.29 is 9.63 Å². The summed E-state index contributed by atoms with van der Waals surface area (Å²) in [6.45, 7) is 6.17. The molecule has 92 valence electrons. The van der Waals surface area contributed by atoms with Gasteiger partial charge in [0.2, 0.25) is 0 Å². The molecule has 17 heavy (non-hydrogen) atoms. The van der Waals surface area contributed by atoms with Gasteiger partial charge in [0.25, 0.3) is 5.91 Å². The lowest BCUT2D eigenvalue weighted by atomic mass is 9.87. The third-order valence-electron chi connectivity index (χ3n) is 2.94. The molecule has 0 aliphatic carbocycles. The van der Waals surface area contributed by atoms with Crippen molar-refractivity contribution in [3.8, 4) is 0 Å². The maximum Gasteiger partial charge on any atom is 0.253 e. The number of para-hydroxylation sites is 2. The first-order chi connectivity index (χ1) is 7.89. The van der Waals surface area contributed by atoms with Gasteiger partial charge in [-0.3, -0.25) is 9.63 Å². The van der Waals surface area contributed by atoms with Crippen molar-refractivity contribution in [2.75, 3.05) is 10.8 Å². The first-order valence-electron chi connectivity index (χ1n) is 5.74. The highest BCUT2D eigenvalue weighted by Crippen LogP contribution is 2.35. The highest BCUT2D eigenvalue weighted by atomic mass is 16.7. The Hall–Kier alpha value is -1.55. The normalized spacial score (nSPS) is 21.0. The zero-order valence-corrected chi connectivity index (χ0v) is 10.4. The zero-order chi connectivity index (χ0) is 12.6. The minimum absolute atomic E-state index is 0.0391. The average molecular weight is 234 g/mol. The predicted molar refractivity (Wildman–Crippen MR) is 67.3 cm³/mol. The molecule has 4 nitrogen and oxygen atoms in total. The highest BCUT2D eigenvalue weighted by Gasteiger charge is 2.39. The number of nitrogen functional groups attached to an aromatic ring is 1. The van der Waals surface area contributed by atoms with E-state index < -0.39 is 0 Å². The van der Waals surface area contributed by atoms with E-state index in [1.54, 1.807) is 12.1 Å². The number of hydrogen-bond donors (Lipinski definition) is 1. The summed E-state index contributed by atoms with van der Waals surface area (Å²) in [7, 11) is 0. The van der Waals surface area contributed by atoms with Crippen LogP contribution in [0.5, 0.6) is 0 Å². The molecule has 1 aromatic rings. The van der Waals surface area contributed by atoms with Crippen LogP contribution in [0.25, 0.3) is 0 Å². The van der Waals surface area contributed by atoms with Gasteiger partial charge < -0.3 is 5.73 Å². The van der Waals surface area contributed by atoms with E-state index in [1.165, 1.54) is 5.06 Å². The van der Waals surface area contributed by atoms with Crippen LogP contribution >= 0.6 is 0 Å². The van der Waals surface area contributed by atoms with Crippen molar-refractivity contribution >= 4 is 17.3 Å². The van der Waals surface area contributed by atoms with Gasteiger partial charge in [-0.15, -0.1) is 0 Å². The van der Waals surface area contributed by atoms with Crippen LogP contribution in [0.3, 0.4) is 0 Å². The molecular formula is C13H18N2O2. The Kier molecular flexibility index (Phi) is 2.83. The number of anilines is 2. The van der Waals surface area contributed by atoms with E-state index in [0.29, 0.717) is 17.8 Å². The molecule has 1 aliphatic rings. The van der Waals surface area contributed by atoms with Gasteiger partial charge in [-0.25, -0.2) is 0 Å². The minimum Gasteiger partial charge on any atom is -0.397 e. The average Bonchev–Trinajstić information content (AvgIpc) is 2.61. The van der Waals surface area contributed by atoms with Crippen molar-refractivity contribution in [3.63, 3.8) is 0 Å². The summed E-state index contributed by atoms with van der Waals surface area (Å²) in [5, 5.41) is 1.32. The van der Waals surface area contributed by atoms with Crippen LogP contribution in [-0.4, -0.2) is 12.0 Å². The van der Waals surface area contributed by atoms with Gasteiger partial charge in [0.05, 0.1) is 23.9 Å². The lowest BCUT2D eigenvalue weighted by Gasteiger charge is -2.26. The molecule has 0 radical (unpaired) electrons. The van der Waals surface area contributed by atoms with Crippen molar-refractivity contribution in [3.05, 3.63) is 24.3 Å². The van der Waals surface area contributed by atoms with Crippen molar-refractivity contribution in [2.24, 2.45) is 5.41 Å². The third kappa shape index (κ3) is 2.26. The second-order valence-electron chi connectivity index (χ2n) is 5.41. The Morgan fingerprint density at radius 1 is 1.35 bits per heavy atom. The second-order valence-corrected chi connectivity index (χ2v) is 5.41. The summed E-state index contributed by atoms with van der Waals surface area (Å²) in [6, 6.07) is 7.22. The van der Waals surface area contributed by atoms with Crippen LogP contribution in [0.4, 0.5) is 11.4 Å². The number of carbonyl (C=O) groups excluding carboxylic acids is 1. The molecule has 0 saturated carbocycles. The molecule has 4 heteroatoms.